The van der Waals surface area contributed by atoms with Gasteiger partial charge in [-0.05, 0) is 18.2 Å². The zero-order valence-corrected chi connectivity index (χ0v) is 9.81. The highest BCUT2D eigenvalue weighted by atomic mass is 19.2. The van der Waals surface area contributed by atoms with Gasteiger partial charge in [0.1, 0.15) is 0 Å². The van der Waals surface area contributed by atoms with Gasteiger partial charge >= 0.3 is 0 Å². The molecule has 0 aliphatic carbocycles. The Balaban J connectivity index is 2.03. The molecule has 4 nitrogen and oxygen atoms in total. The number of hydrogen-bond acceptors (Lipinski definition) is 2. The number of hydrogen-bond donors (Lipinski definition) is 2. The highest BCUT2D eigenvalue weighted by Gasteiger charge is 2.11. The average Bonchev–Trinajstić information content (AvgIpc) is 2.34. The van der Waals surface area contributed by atoms with Gasteiger partial charge < -0.3 is 10.4 Å². The number of aromatic nitrogens is 1. The molecule has 98 valence electrons. The molecule has 0 atom stereocenters. The molecule has 1 aromatic heterocycles. The lowest BCUT2D eigenvalue weighted by Gasteiger charge is -2.03. The zero-order valence-electron chi connectivity index (χ0n) is 9.81. The van der Waals surface area contributed by atoms with Crippen LogP contribution in [0.25, 0.3) is 0 Å². The van der Waals surface area contributed by atoms with Crippen molar-refractivity contribution < 1.29 is 23.2 Å². The van der Waals surface area contributed by atoms with Crippen LogP contribution in [-0.2, 0) is 11.3 Å². The van der Waals surface area contributed by atoms with Gasteiger partial charge in [0.05, 0.1) is 0 Å². The van der Waals surface area contributed by atoms with Crippen molar-refractivity contribution in [2.24, 2.45) is 0 Å². The Bertz CT molecular complexity index is 617. The molecular formula is C13H11F2N2O2+. The van der Waals surface area contributed by atoms with E-state index in [1.54, 1.807) is 12.3 Å². The number of benzene rings is 1. The second-order valence-electron chi connectivity index (χ2n) is 3.91. The maximum atomic E-state index is 12.9. The van der Waals surface area contributed by atoms with Gasteiger partial charge in [0.15, 0.2) is 23.6 Å². The van der Waals surface area contributed by atoms with E-state index in [4.69, 9.17) is 0 Å². The molecule has 0 spiro atoms. The van der Waals surface area contributed by atoms with Crippen LogP contribution in [0.2, 0.25) is 0 Å². The molecule has 0 aliphatic rings. The predicted molar refractivity (Wildman–Crippen MR) is 63.3 cm³/mol. The number of carbonyl (C=O) groups excluding carboxylic acids is 1. The molecule has 2 aromatic rings. The van der Waals surface area contributed by atoms with Crippen molar-refractivity contribution >= 4 is 11.6 Å². The van der Waals surface area contributed by atoms with Crippen LogP contribution in [0, 0.1) is 11.6 Å². The van der Waals surface area contributed by atoms with E-state index in [1.165, 1.54) is 22.9 Å². The van der Waals surface area contributed by atoms with Crippen molar-refractivity contribution in [2.75, 3.05) is 5.32 Å². The quantitative estimate of drug-likeness (QED) is 0.828. The molecule has 0 saturated carbocycles. The molecule has 2 N–H and O–H groups in total. The Morgan fingerprint density at radius 1 is 1.26 bits per heavy atom. The number of nitrogens with one attached hydrogen (secondary N) is 1. The molecule has 0 unspecified atom stereocenters. The SMILES string of the molecule is O=C(C[n+]1cccc(O)c1)Nc1ccc(F)c(F)c1. The van der Waals surface area contributed by atoms with Crippen molar-refractivity contribution in [1.29, 1.82) is 0 Å². The average molecular weight is 265 g/mol. The Morgan fingerprint density at radius 2 is 2.05 bits per heavy atom. The second-order valence-corrected chi connectivity index (χ2v) is 3.91. The molecule has 19 heavy (non-hydrogen) atoms. The van der Waals surface area contributed by atoms with Crippen molar-refractivity contribution in [3.63, 3.8) is 0 Å². The molecule has 0 bridgehead atoms. The van der Waals surface area contributed by atoms with Gasteiger partial charge in [-0.1, -0.05) is 0 Å². The van der Waals surface area contributed by atoms with Gasteiger partial charge in [-0.15, -0.1) is 0 Å². The standard InChI is InChI=1S/C13H10F2N2O2/c14-11-4-3-9(6-12(11)15)16-13(19)8-17-5-1-2-10(18)7-17/h1-7H,8H2,(H-,16,18,19)/p+1. The number of halogens is 2. The number of amides is 1. The minimum atomic E-state index is -1.03. The van der Waals surface area contributed by atoms with E-state index < -0.39 is 17.5 Å². The molecular weight excluding hydrogens is 254 g/mol. The van der Waals surface area contributed by atoms with E-state index in [9.17, 15) is 18.7 Å². The lowest BCUT2D eigenvalue weighted by molar-refractivity contribution is -0.684. The largest absolute Gasteiger partial charge is 0.503 e. The van der Waals surface area contributed by atoms with Gasteiger partial charge in [0.25, 0.3) is 5.91 Å². The first-order valence-corrected chi connectivity index (χ1v) is 5.47. The lowest BCUT2D eigenvalue weighted by atomic mass is 10.3. The number of nitrogens with zero attached hydrogens (tertiary/aromatic N) is 1. The van der Waals surface area contributed by atoms with Crippen molar-refractivity contribution in [1.82, 2.24) is 0 Å². The molecule has 1 heterocycles. The molecule has 0 fully saturated rings. The van der Waals surface area contributed by atoms with Gasteiger partial charge in [0, 0.05) is 17.8 Å². The third kappa shape index (κ3) is 3.48. The molecule has 0 aliphatic heterocycles. The normalized spacial score (nSPS) is 10.2. The van der Waals surface area contributed by atoms with Gasteiger partial charge in [-0.2, -0.15) is 4.57 Å². The van der Waals surface area contributed by atoms with Crippen LogP contribution < -0.4 is 9.88 Å². The third-order valence-electron chi connectivity index (χ3n) is 2.37. The third-order valence-corrected chi connectivity index (χ3v) is 2.37. The monoisotopic (exact) mass is 265 g/mol. The lowest BCUT2D eigenvalue weighted by Crippen LogP contribution is -2.39. The minimum Gasteiger partial charge on any atom is -0.503 e. The van der Waals surface area contributed by atoms with Crippen LogP contribution in [-0.4, -0.2) is 11.0 Å². The fourth-order valence-corrected chi connectivity index (χ4v) is 1.55. The van der Waals surface area contributed by atoms with E-state index in [0.717, 1.165) is 12.1 Å². The molecule has 0 radical (unpaired) electrons. The summed E-state index contributed by atoms with van der Waals surface area (Å²) < 4.78 is 27.1. The van der Waals surface area contributed by atoms with Crippen molar-refractivity contribution in [2.45, 2.75) is 6.54 Å². The summed E-state index contributed by atoms with van der Waals surface area (Å²) in [5.74, 6) is -2.38. The first-order valence-electron chi connectivity index (χ1n) is 5.47. The van der Waals surface area contributed by atoms with Crippen LogP contribution in [0.15, 0.2) is 42.7 Å². The van der Waals surface area contributed by atoms with Gasteiger partial charge in [-0.25, -0.2) is 8.78 Å². The second kappa shape index (κ2) is 5.43. The molecule has 1 aromatic carbocycles. The summed E-state index contributed by atoms with van der Waals surface area (Å²) in [5.41, 5.74) is 0.171. The summed E-state index contributed by atoms with van der Waals surface area (Å²) in [5, 5.41) is 11.7. The van der Waals surface area contributed by atoms with E-state index >= 15 is 0 Å². The Morgan fingerprint density at radius 3 is 2.74 bits per heavy atom. The summed E-state index contributed by atoms with van der Waals surface area (Å²) in [6, 6.07) is 6.17. The van der Waals surface area contributed by atoms with Crippen molar-refractivity contribution in [3.8, 4) is 5.75 Å². The first-order chi connectivity index (χ1) is 9.04. The van der Waals surface area contributed by atoms with Crippen LogP contribution in [0.5, 0.6) is 5.75 Å². The smallest absolute Gasteiger partial charge is 0.290 e. The molecule has 2 rings (SSSR count). The number of rotatable bonds is 3. The number of carbonyl (C=O) groups is 1. The summed E-state index contributed by atoms with van der Waals surface area (Å²) in [6.07, 6.45) is 2.98. The van der Waals surface area contributed by atoms with Gasteiger partial charge in [0.2, 0.25) is 12.7 Å². The minimum absolute atomic E-state index is 0.0307. The maximum Gasteiger partial charge on any atom is 0.290 e. The summed E-state index contributed by atoms with van der Waals surface area (Å²) >= 11 is 0. The first kappa shape index (κ1) is 12.9. The highest BCUT2D eigenvalue weighted by molar-refractivity contribution is 5.89. The molecule has 6 heteroatoms. The zero-order chi connectivity index (χ0) is 13.8. The number of pyridine rings is 1. The fourth-order valence-electron chi connectivity index (χ4n) is 1.55. The summed E-state index contributed by atoms with van der Waals surface area (Å²) in [4.78, 5) is 11.7. The van der Waals surface area contributed by atoms with Crippen LogP contribution in [0.4, 0.5) is 14.5 Å². The van der Waals surface area contributed by atoms with E-state index in [0.29, 0.717) is 0 Å². The highest BCUT2D eigenvalue weighted by Crippen LogP contribution is 2.12. The summed E-state index contributed by atoms with van der Waals surface area (Å²) in [7, 11) is 0. The predicted octanol–water partition coefficient (Wildman–Crippen LogP) is 1.60. The van der Waals surface area contributed by atoms with Crippen LogP contribution in [0.1, 0.15) is 0 Å². The Kier molecular flexibility index (Phi) is 3.70. The molecule has 0 saturated heterocycles. The molecule has 1 amide bonds. The Labute approximate surface area is 107 Å². The van der Waals surface area contributed by atoms with E-state index in [1.807, 2.05) is 0 Å². The summed E-state index contributed by atoms with van der Waals surface area (Å²) in [6.45, 7) is -0.0482. The van der Waals surface area contributed by atoms with Gasteiger partial charge in [-0.3, -0.25) is 4.79 Å². The number of anilines is 1. The van der Waals surface area contributed by atoms with E-state index in [2.05, 4.69) is 5.32 Å². The van der Waals surface area contributed by atoms with Crippen LogP contribution in [0.3, 0.4) is 0 Å². The topological polar surface area (TPSA) is 53.2 Å². The van der Waals surface area contributed by atoms with Crippen molar-refractivity contribution in [3.05, 3.63) is 54.4 Å². The maximum absolute atomic E-state index is 12.9. The number of aromatic hydroxyl groups is 1. The van der Waals surface area contributed by atoms with E-state index in [-0.39, 0.29) is 18.0 Å². The fraction of sp³-hybridized carbons (Fsp3) is 0.0769. The van der Waals surface area contributed by atoms with Crippen LogP contribution >= 0.6 is 0 Å². The Hall–Kier alpha value is -2.50.